The molecule has 0 radical (unpaired) electrons. The van der Waals surface area contributed by atoms with Crippen molar-refractivity contribution in [2.24, 2.45) is 0 Å². The van der Waals surface area contributed by atoms with Gasteiger partial charge in [-0.2, -0.15) is 5.10 Å². The van der Waals surface area contributed by atoms with Gasteiger partial charge in [0, 0.05) is 18.8 Å². The van der Waals surface area contributed by atoms with Gasteiger partial charge in [-0.15, -0.1) is 0 Å². The number of aromatic amines is 1. The van der Waals surface area contributed by atoms with Gasteiger partial charge in [-0.25, -0.2) is 4.98 Å². The smallest absolute Gasteiger partial charge is 0.259 e. The van der Waals surface area contributed by atoms with Gasteiger partial charge < -0.3 is 10.2 Å². The first-order chi connectivity index (χ1) is 10.1. The number of rotatable bonds is 5. The number of anilines is 2. The van der Waals surface area contributed by atoms with Crippen molar-refractivity contribution in [3.05, 3.63) is 35.3 Å². The molecule has 0 atom stereocenters. The fourth-order valence-corrected chi connectivity index (χ4v) is 2.27. The van der Waals surface area contributed by atoms with Crippen molar-refractivity contribution in [1.29, 1.82) is 0 Å². The van der Waals surface area contributed by atoms with E-state index < -0.39 is 0 Å². The molecule has 21 heavy (non-hydrogen) atoms. The van der Waals surface area contributed by atoms with Crippen LogP contribution in [-0.4, -0.2) is 34.2 Å². The van der Waals surface area contributed by atoms with Gasteiger partial charge in [0.05, 0.1) is 23.1 Å². The second-order valence-corrected chi connectivity index (χ2v) is 4.84. The van der Waals surface area contributed by atoms with Gasteiger partial charge in [-0.3, -0.25) is 9.89 Å². The van der Waals surface area contributed by atoms with Crippen LogP contribution < -0.4 is 10.2 Å². The summed E-state index contributed by atoms with van der Waals surface area (Å²) in [5.41, 5.74) is 2.72. The molecule has 2 heterocycles. The highest BCUT2D eigenvalue weighted by molar-refractivity contribution is 6.05. The molecule has 6 heteroatoms. The SMILES string of the molecule is CCN(CC)c1ccc(NC(=O)c2c(C)n[nH]c2C)cn1. The molecule has 2 N–H and O–H groups in total. The predicted octanol–water partition coefficient (Wildman–Crippen LogP) is 2.52. The van der Waals surface area contributed by atoms with Crippen molar-refractivity contribution < 1.29 is 4.79 Å². The van der Waals surface area contributed by atoms with E-state index in [1.54, 1.807) is 13.1 Å². The van der Waals surface area contributed by atoms with Crippen LogP contribution in [0.4, 0.5) is 11.5 Å². The molecule has 0 aliphatic rings. The number of nitrogens with zero attached hydrogens (tertiary/aromatic N) is 3. The minimum absolute atomic E-state index is 0.170. The first-order valence-electron chi connectivity index (χ1n) is 7.10. The maximum Gasteiger partial charge on any atom is 0.259 e. The molecule has 0 spiro atoms. The third-order valence-electron chi connectivity index (χ3n) is 3.45. The van der Waals surface area contributed by atoms with Gasteiger partial charge in [0.2, 0.25) is 0 Å². The van der Waals surface area contributed by atoms with Crippen molar-refractivity contribution in [2.75, 3.05) is 23.3 Å². The molecule has 0 fully saturated rings. The highest BCUT2D eigenvalue weighted by Crippen LogP contribution is 2.16. The number of carbonyl (C=O) groups excluding carboxylic acids is 1. The molecule has 0 bridgehead atoms. The van der Waals surface area contributed by atoms with Crippen LogP contribution in [0.1, 0.15) is 35.6 Å². The fourth-order valence-electron chi connectivity index (χ4n) is 2.27. The van der Waals surface area contributed by atoms with Gasteiger partial charge in [-0.1, -0.05) is 0 Å². The average Bonchev–Trinajstić information content (AvgIpc) is 2.81. The summed E-state index contributed by atoms with van der Waals surface area (Å²) >= 11 is 0. The van der Waals surface area contributed by atoms with Crippen LogP contribution in [0.15, 0.2) is 18.3 Å². The van der Waals surface area contributed by atoms with E-state index in [0.717, 1.165) is 24.6 Å². The molecule has 112 valence electrons. The largest absolute Gasteiger partial charge is 0.357 e. The van der Waals surface area contributed by atoms with Crippen molar-refractivity contribution in [3.63, 3.8) is 0 Å². The molecule has 0 aliphatic heterocycles. The zero-order chi connectivity index (χ0) is 15.4. The number of pyridine rings is 1. The lowest BCUT2D eigenvalue weighted by atomic mass is 10.2. The van der Waals surface area contributed by atoms with E-state index in [2.05, 4.69) is 39.2 Å². The molecule has 0 unspecified atom stereocenters. The Morgan fingerprint density at radius 3 is 2.48 bits per heavy atom. The van der Waals surface area contributed by atoms with E-state index in [4.69, 9.17) is 0 Å². The summed E-state index contributed by atoms with van der Waals surface area (Å²) < 4.78 is 0. The number of carbonyl (C=O) groups is 1. The normalized spacial score (nSPS) is 10.5. The second kappa shape index (κ2) is 6.39. The van der Waals surface area contributed by atoms with E-state index in [-0.39, 0.29) is 5.91 Å². The summed E-state index contributed by atoms with van der Waals surface area (Å²) in [7, 11) is 0. The van der Waals surface area contributed by atoms with Crippen LogP contribution in [0, 0.1) is 13.8 Å². The summed E-state index contributed by atoms with van der Waals surface area (Å²) in [6.45, 7) is 9.62. The lowest BCUT2D eigenvalue weighted by Crippen LogP contribution is -2.23. The van der Waals surface area contributed by atoms with Gasteiger partial charge in [-0.05, 0) is 39.8 Å². The highest BCUT2D eigenvalue weighted by atomic mass is 16.1. The molecule has 0 saturated carbocycles. The zero-order valence-electron chi connectivity index (χ0n) is 12.9. The van der Waals surface area contributed by atoms with Crippen LogP contribution in [0.3, 0.4) is 0 Å². The minimum atomic E-state index is -0.170. The lowest BCUT2D eigenvalue weighted by molar-refractivity contribution is 0.102. The first-order valence-corrected chi connectivity index (χ1v) is 7.10. The van der Waals surface area contributed by atoms with Gasteiger partial charge in [0.25, 0.3) is 5.91 Å². The molecule has 6 nitrogen and oxygen atoms in total. The van der Waals surface area contributed by atoms with Crippen molar-refractivity contribution >= 4 is 17.4 Å². The van der Waals surface area contributed by atoms with Crippen LogP contribution in [0.5, 0.6) is 0 Å². The number of hydrogen-bond acceptors (Lipinski definition) is 4. The van der Waals surface area contributed by atoms with Crippen molar-refractivity contribution in [3.8, 4) is 0 Å². The van der Waals surface area contributed by atoms with E-state index in [9.17, 15) is 4.79 Å². The maximum absolute atomic E-state index is 12.2. The third-order valence-corrected chi connectivity index (χ3v) is 3.45. The molecule has 0 aliphatic carbocycles. The Bertz CT molecular complexity index is 594. The third kappa shape index (κ3) is 3.21. The Balaban J connectivity index is 2.12. The van der Waals surface area contributed by atoms with Crippen LogP contribution in [-0.2, 0) is 0 Å². The van der Waals surface area contributed by atoms with Gasteiger partial charge in [0.1, 0.15) is 5.82 Å². The maximum atomic E-state index is 12.2. The standard InChI is InChI=1S/C15H21N5O/c1-5-20(6-2)13-8-7-12(9-16-13)17-15(21)14-10(3)18-19-11(14)4/h7-9H,5-6H2,1-4H3,(H,17,21)(H,18,19). The number of H-pyrrole nitrogens is 1. The Kier molecular flexibility index (Phi) is 4.57. The van der Waals surface area contributed by atoms with Crippen molar-refractivity contribution in [1.82, 2.24) is 15.2 Å². The number of aromatic nitrogens is 3. The molecule has 2 rings (SSSR count). The molecule has 2 aromatic heterocycles. The molecule has 1 amide bonds. The van der Waals surface area contributed by atoms with Crippen LogP contribution in [0.25, 0.3) is 0 Å². The van der Waals surface area contributed by atoms with E-state index >= 15 is 0 Å². The Labute approximate surface area is 124 Å². The molecule has 0 aromatic carbocycles. The summed E-state index contributed by atoms with van der Waals surface area (Å²) in [4.78, 5) is 18.8. The zero-order valence-corrected chi connectivity index (χ0v) is 12.9. The lowest BCUT2D eigenvalue weighted by Gasteiger charge is -2.19. The molecular formula is C15H21N5O. The van der Waals surface area contributed by atoms with Crippen LogP contribution in [0.2, 0.25) is 0 Å². The second-order valence-electron chi connectivity index (χ2n) is 4.84. The van der Waals surface area contributed by atoms with E-state index in [1.165, 1.54) is 0 Å². The average molecular weight is 287 g/mol. The Hall–Kier alpha value is -2.37. The fraction of sp³-hybridized carbons (Fsp3) is 0.400. The Morgan fingerprint density at radius 1 is 1.29 bits per heavy atom. The topological polar surface area (TPSA) is 73.9 Å². The number of nitrogens with one attached hydrogen (secondary N) is 2. The summed E-state index contributed by atoms with van der Waals surface area (Å²) in [5.74, 6) is 0.741. The first kappa shape index (κ1) is 15.0. The van der Waals surface area contributed by atoms with E-state index in [0.29, 0.717) is 16.9 Å². The minimum Gasteiger partial charge on any atom is -0.357 e. The molecular weight excluding hydrogens is 266 g/mol. The van der Waals surface area contributed by atoms with Gasteiger partial charge in [0.15, 0.2) is 0 Å². The summed E-state index contributed by atoms with van der Waals surface area (Å²) in [6, 6.07) is 3.78. The Morgan fingerprint density at radius 2 is 2.00 bits per heavy atom. The monoisotopic (exact) mass is 287 g/mol. The molecule has 0 saturated heterocycles. The number of hydrogen-bond donors (Lipinski definition) is 2. The molecule has 2 aromatic rings. The summed E-state index contributed by atoms with van der Waals surface area (Å²) in [6.07, 6.45) is 1.68. The van der Waals surface area contributed by atoms with Crippen molar-refractivity contribution in [2.45, 2.75) is 27.7 Å². The van der Waals surface area contributed by atoms with E-state index in [1.807, 2.05) is 19.1 Å². The van der Waals surface area contributed by atoms with Gasteiger partial charge >= 0.3 is 0 Å². The van der Waals surface area contributed by atoms with Crippen LogP contribution >= 0.6 is 0 Å². The quantitative estimate of drug-likeness (QED) is 0.886. The highest BCUT2D eigenvalue weighted by Gasteiger charge is 2.15. The summed E-state index contributed by atoms with van der Waals surface area (Å²) in [5, 5.41) is 9.69. The predicted molar refractivity (Wildman–Crippen MR) is 83.8 cm³/mol. The number of aryl methyl sites for hydroxylation is 2. The number of amides is 1.